The van der Waals surface area contributed by atoms with Crippen molar-refractivity contribution in [2.75, 3.05) is 44.7 Å². The van der Waals surface area contributed by atoms with Gasteiger partial charge in [-0.25, -0.2) is 13.8 Å². The first-order valence-electron chi connectivity index (χ1n) is 10.4. The summed E-state index contributed by atoms with van der Waals surface area (Å²) in [6.07, 6.45) is 0.481. The number of halogens is 3. The molecule has 2 aliphatic rings. The van der Waals surface area contributed by atoms with E-state index in [1.807, 2.05) is 4.90 Å². The second-order valence-corrected chi connectivity index (χ2v) is 8.48. The van der Waals surface area contributed by atoms with Gasteiger partial charge in [-0.05, 0) is 18.2 Å². The number of aromatic hydroxyl groups is 1. The number of nitrogens with zero attached hydrogens (tertiary/aromatic N) is 3. The molecule has 32 heavy (non-hydrogen) atoms. The minimum absolute atomic E-state index is 0.0108. The van der Waals surface area contributed by atoms with Crippen molar-refractivity contribution >= 4 is 34.1 Å². The van der Waals surface area contributed by atoms with Gasteiger partial charge in [0.25, 0.3) is 5.91 Å². The molecule has 9 heteroatoms. The third kappa shape index (κ3) is 3.17. The molecule has 5 rings (SSSR count). The molecule has 1 amide bonds. The van der Waals surface area contributed by atoms with Crippen LogP contribution in [0.1, 0.15) is 16.1 Å². The fraction of sp³-hybridized carbons (Fsp3) is 0.304. The lowest BCUT2D eigenvalue weighted by Crippen LogP contribution is -2.45. The number of hydrogen-bond donors (Lipinski definition) is 2. The lowest BCUT2D eigenvalue weighted by atomic mass is 9.95. The van der Waals surface area contributed by atoms with Gasteiger partial charge in [0.15, 0.2) is 5.82 Å². The Morgan fingerprint density at radius 3 is 2.59 bits per heavy atom. The molecule has 2 N–H and O–H groups in total. The Balaban J connectivity index is 1.85. The van der Waals surface area contributed by atoms with E-state index in [4.69, 9.17) is 11.6 Å². The Labute approximate surface area is 188 Å². The van der Waals surface area contributed by atoms with Crippen LogP contribution in [0.15, 0.2) is 24.3 Å². The number of piperazine rings is 1. The van der Waals surface area contributed by atoms with Gasteiger partial charge in [-0.3, -0.25) is 4.79 Å². The van der Waals surface area contributed by atoms with Crippen LogP contribution in [0.25, 0.3) is 22.0 Å². The lowest BCUT2D eigenvalue weighted by molar-refractivity contribution is 0.0780. The third-order valence-electron chi connectivity index (χ3n) is 6.14. The van der Waals surface area contributed by atoms with Crippen molar-refractivity contribution < 1.29 is 18.7 Å². The van der Waals surface area contributed by atoms with Gasteiger partial charge in [-0.2, -0.15) is 0 Å². The first-order chi connectivity index (χ1) is 15.4. The highest BCUT2D eigenvalue weighted by molar-refractivity contribution is 6.34. The number of phenolic OH excluding ortho intramolecular Hbond substituents is 1. The number of benzene rings is 2. The molecule has 2 aliphatic heterocycles. The van der Waals surface area contributed by atoms with E-state index in [1.54, 1.807) is 11.9 Å². The average molecular weight is 459 g/mol. The molecular weight excluding hydrogens is 438 g/mol. The maximum absolute atomic E-state index is 15.9. The number of likely N-dealkylation sites (N-methyl/N-ethyl adjacent to an activating group) is 1. The molecule has 0 radical (unpaired) electrons. The van der Waals surface area contributed by atoms with Gasteiger partial charge in [-0.1, -0.05) is 17.7 Å². The van der Waals surface area contributed by atoms with E-state index in [1.165, 1.54) is 18.2 Å². The smallest absolute Gasteiger partial charge is 0.257 e. The normalized spacial score (nSPS) is 16.6. The average Bonchev–Trinajstić information content (AvgIpc) is 2.78. The van der Waals surface area contributed by atoms with Crippen LogP contribution in [0.2, 0.25) is 5.02 Å². The zero-order chi connectivity index (χ0) is 22.6. The fourth-order valence-electron chi connectivity index (χ4n) is 4.54. The van der Waals surface area contributed by atoms with Crippen molar-refractivity contribution in [1.82, 2.24) is 15.2 Å². The molecule has 0 unspecified atom stereocenters. The molecule has 0 saturated carbocycles. The minimum atomic E-state index is -0.821. The van der Waals surface area contributed by atoms with E-state index in [-0.39, 0.29) is 27.6 Å². The molecule has 1 saturated heterocycles. The summed E-state index contributed by atoms with van der Waals surface area (Å²) >= 11 is 6.47. The number of hydrogen-bond acceptors (Lipinski definition) is 5. The Kier molecular flexibility index (Phi) is 5.14. The number of fused-ring (bicyclic) bond motifs is 2. The number of aromatic nitrogens is 1. The molecule has 0 aliphatic carbocycles. The number of pyridine rings is 1. The highest BCUT2D eigenvalue weighted by Crippen LogP contribution is 2.44. The largest absolute Gasteiger partial charge is 0.507 e. The van der Waals surface area contributed by atoms with E-state index in [2.05, 4.69) is 10.3 Å². The van der Waals surface area contributed by atoms with E-state index in [9.17, 15) is 14.3 Å². The van der Waals surface area contributed by atoms with Crippen LogP contribution in [0.4, 0.5) is 14.5 Å². The summed E-state index contributed by atoms with van der Waals surface area (Å²) in [4.78, 5) is 21.3. The van der Waals surface area contributed by atoms with Crippen LogP contribution < -0.4 is 10.2 Å². The van der Waals surface area contributed by atoms with Gasteiger partial charge in [0, 0.05) is 57.1 Å². The van der Waals surface area contributed by atoms with Crippen molar-refractivity contribution in [3.63, 3.8) is 0 Å². The molecule has 1 fully saturated rings. The topological polar surface area (TPSA) is 68.7 Å². The predicted molar refractivity (Wildman–Crippen MR) is 120 cm³/mol. The summed E-state index contributed by atoms with van der Waals surface area (Å²) in [5, 5.41) is 13.8. The van der Waals surface area contributed by atoms with Gasteiger partial charge in [0.1, 0.15) is 17.1 Å². The molecule has 3 aromatic rings. The summed E-state index contributed by atoms with van der Waals surface area (Å²) in [6.45, 7) is 3.19. The molecule has 0 spiro atoms. The fourth-order valence-corrected chi connectivity index (χ4v) is 4.83. The number of anilines is 1. The minimum Gasteiger partial charge on any atom is -0.507 e. The lowest BCUT2D eigenvalue weighted by Gasteiger charge is -2.35. The van der Waals surface area contributed by atoms with E-state index >= 15 is 4.39 Å². The third-order valence-corrected chi connectivity index (χ3v) is 6.44. The Morgan fingerprint density at radius 2 is 1.88 bits per heavy atom. The molecule has 3 heterocycles. The molecule has 6 nitrogen and oxygen atoms in total. The van der Waals surface area contributed by atoms with Crippen LogP contribution in [-0.2, 0) is 6.42 Å². The monoisotopic (exact) mass is 458 g/mol. The maximum atomic E-state index is 15.9. The number of carbonyl (C=O) groups excluding carboxylic acids is 1. The van der Waals surface area contributed by atoms with Crippen molar-refractivity contribution in [2.45, 2.75) is 6.42 Å². The second kappa shape index (κ2) is 7.86. The van der Waals surface area contributed by atoms with Crippen LogP contribution in [-0.4, -0.2) is 60.7 Å². The predicted octanol–water partition coefficient (Wildman–Crippen LogP) is 3.58. The quantitative estimate of drug-likeness (QED) is 0.614. The van der Waals surface area contributed by atoms with Crippen LogP contribution in [0.5, 0.6) is 5.75 Å². The maximum Gasteiger partial charge on any atom is 0.257 e. The molecule has 0 atom stereocenters. The number of phenols is 1. The first kappa shape index (κ1) is 20.9. The summed E-state index contributed by atoms with van der Waals surface area (Å²) in [6, 6.07) is 5.27. The molecule has 1 aromatic heterocycles. The van der Waals surface area contributed by atoms with Crippen molar-refractivity contribution in [3.8, 4) is 16.9 Å². The summed E-state index contributed by atoms with van der Waals surface area (Å²) in [5.41, 5.74) is 1.04. The van der Waals surface area contributed by atoms with Gasteiger partial charge < -0.3 is 20.2 Å². The summed E-state index contributed by atoms with van der Waals surface area (Å²) < 4.78 is 30.5. The van der Waals surface area contributed by atoms with Gasteiger partial charge >= 0.3 is 0 Å². The molecule has 166 valence electrons. The van der Waals surface area contributed by atoms with Crippen LogP contribution >= 0.6 is 11.6 Å². The van der Waals surface area contributed by atoms with Gasteiger partial charge in [-0.15, -0.1) is 0 Å². The Morgan fingerprint density at radius 1 is 1.12 bits per heavy atom. The van der Waals surface area contributed by atoms with Crippen molar-refractivity contribution in [2.24, 2.45) is 0 Å². The molecule has 0 bridgehead atoms. The van der Waals surface area contributed by atoms with Crippen LogP contribution in [0, 0.1) is 11.6 Å². The van der Waals surface area contributed by atoms with E-state index in [0.717, 1.165) is 19.2 Å². The SMILES string of the molecule is CN1CCc2nc3c(F)c(-c4c(O)cccc4F)c(Cl)cc3c(N3CCNCC3)c2C1=O. The standard InChI is InChI=1S/C23H21ClF2N4O2/c1-29-8-5-15-19(23(29)32)22(30-9-6-27-7-10-30)12-11-13(24)17(20(26)21(12)28-15)18-14(25)3-2-4-16(18)31/h2-4,11,27,31H,5-10H2,1H3. The van der Waals surface area contributed by atoms with Gasteiger partial charge in [0.05, 0.1) is 27.5 Å². The van der Waals surface area contributed by atoms with Crippen molar-refractivity contribution in [1.29, 1.82) is 0 Å². The molecular formula is C23H21ClF2N4O2. The van der Waals surface area contributed by atoms with E-state index in [0.29, 0.717) is 48.4 Å². The molecule has 2 aromatic carbocycles. The first-order valence-corrected chi connectivity index (χ1v) is 10.8. The number of nitrogens with one attached hydrogen (secondary N) is 1. The highest BCUT2D eigenvalue weighted by Gasteiger charge is 2.33. The summed E-state index contributed by atoms with van der Waals surface area (Å²) in [5.74, 6) is -2.19. The number of carbonyl (C=O) groups is 1. The zero-order valence-electron chi connectivity index (χ0n) is 17.4. The number of rotatable bonds is 2. The Hall–Kier alpha value is -2.97. The van der Waals surface area contributed by atoms with Crippen molar-refractivity contribution in [3.05, 3.63) is 52.2 Å². The summed E-state index contributed by atoms with van der Waals surface area (Å²) in [7, 11) is 1.73. The van der Waals surface area contributed by atoms with E-state index < -0.39 is 17.4 Å². The number of amides is 1. The zero-order valence-corrected chi connectivity index (χ0v) is 18.1. The van der Waals surface area contributed by atoms with Crippen LogP contribution in [0.3, 0.4) is 0 Å². The highest BCUT2D eigenvalue weighted by atomic mass is 35.5. The van der Waals surface area contributed by atoms with Gasteiger partial charge in [0.2, 0.25) is 0 Å². The Bertz CT molecular complexity index is 1240. The second-order valence-electron chi connectivity index (χ2n) is 8.07.